The zero-order chi connectivity index (χ0) is 13.8. The third-order valence-corrected chi connectivity index (χ3v) is 2.77. The normalized spacial score (nSPS) is 11.4. The van der Waals surface area contributed by atoms with E-state index in [9.17, 15) is 4.79 Å². The fourth-order valence-electron chi connectivity index (χ4n) is 1.69. The van der Waals surface area contributed by atoms with Gasteiger partial charge in [0.1, 0.15) is 5.54 Å². The van der Waals surface area contributed by atoms with Gasteiger partial charge in [-0.25, -0.2) is 0 Å². The fraction of sp³-hybridized carbons (Fsp3) is 0.462. The molecule has 0 saturated carbocycles. The van der Waals surface area contributed by atoms with Gasteiger partial charge in [0.25, 0.3) is 5.91 Å². The molecule has 1 aromatic rings. The number of aliphatic hydroxyl groups is 3. The highest BCUT2D eigenvalue weighted by molar-refractivity contribution is 5.95. The minimum Gasteiger partial charge on any atom is -0.394 e. The molecule has 1 rings (SSSR count). The third-order valence-electron chi connectivity index (χ3n) is 2.77. The van der Waals surface area contributed by atoms with Crippen LogP contribution in [0.15, 0.2) is 18.2 Å². The highest BCUT2D eigenvalue weighted by Crippen LogP contribution is 2.11. The smallest absolute Gasteiger partial charge is 0.251 e. The number of aryl methyl sites for hydroxylation is 2. The molecule has 0 fully saturated rings. The average molecular weight is 253 g/mol. The molecule has 0 radical (unpaired) electrons. The first kappa shape index (κ1) is 14.6. The Hall–Kier alpha value is -1.43. The predicted octanol–water partition coefficient (Wildman–Crippen LogP) is -0.251. The summed E-state index contributed by atoms with van der Waals surface area (Å²) in [4.78, 5) is 12.0. The van der Waals surface area contributed by atoms with Crippen molar-refractivity contribution in [2.45, 2.75) is 19.4 Å². The number of amides is 1. The van der Waals surface area contributed by atoms with Crippen LogP contribution in [0.3, 0.4) is 0 Å². The van der Waals surface area contributed by atoms with Gasteiger partial charge in [-0.2, -0.15) is 0 Å². The number of hydrogen-bond acceptors (Lipinski definition) is 4. The molecule has 1 aromatic carbocycles. The lowest BCUT2D eigenvalue weighted by atomic mass is 10.0. The Morgan fingerprint density at radius 3 is 1.89 bits per heavy atom. The first-order valence-corrected chi connectivity index (χ1v) is 5.70. The Balaban J connectivity index is 2.94. The van der Waals surface area contributed by atoms with Gasteiger partial charge in [-0.1, -0.05) is 17.2 Å². The van der Waals surface area contributed by atoms with Crippen molar-refractivity contribution in [1.29, 1.82) is 0 Å². The third kappa shape index (κ3) is 3.29. The van der Waals surface area contributed by atoms with E-state index in [4.69, 9.17) is 15.3 Å². The van der Waals surface area contributed by atoms with Crippen LogP contribution in [0.5, 0.6) is 0 Å². The van der Waals surface area contributed by atoms with Crippen LogP contribution >= 0.6 is 0 Å². The molecule has 4 N–H and O–H groups in total. The molecule has 0 atom stereocenters. The van der Waals surface area contributed by atoms with Crippen LogP contribution in [0.25, 0.3) is 0 Å². The molecule has 0 aromatic heterocycles. The molecular weight excluding hydrogens is 234 g/mol. The van der Waals surface area contributed by atoms with Crippen molar-refractivity contribution in [3.05, 3.63) is 34.9 Å². The lowest BCUT2D eigenvalue weighted by Gasteiger charge is -2.28. The number of benzene rings is 1. The van der Waals surface area contributed by atoms with Crippen molar-refractivity contribution in [1.82, 2.24) is 5.32 Å². The lowest BCUT2D eigenvalue weighted by molar-refractivity contribution is 0.0375. The quantitative estimate of drug-likeness (QED) is 0.582. The summed E-state index contributed by atoms with van der Waals surface area (Å²) in [5, 5.41) is 29.9. The zero-order valence-corrected chi connectivity index (χ0v) is 10.6. The van der Waals surface area contributed by atoms with Gasteiger partial charge in [-0.15, -0.1) is 0 Å². The Labute approximate surface area is 106 Å². The molecule has 0 saturated heterocycles. The number of rotatable bonds is 5. The number of carbonyl (C=O) groups is 1. The zero-order valence-electron chi connectivity index (χ0n) is 10.6. The van der Waals surface area contributed by atoms with E-state index in [-0.39, 0.29) is 0 Å². The molecule has 0 heterocycles. The molecule has 0 aliphatic carbocycles. The monoisotopic (exact) mass is 253 g/mol. The van der Waals surface area contributed by atoms with Crippen molar-refractivity contribution >= 4 is 5.91 Å². The molecule has 0 aliphatic rings. The molecule has 0 unspecified atom stereocenters. The average Bonchev–Trinajstić information content (AvgIpc) is 2.35. The van der Waals surface area contributed by atoms with Crippen LogP contribution < -0.4 is 5.32 Å². The Kier molecular flexibility index (Phi) is 4.84. The fourth-order valence-corrected chi connectivity index (χ4v) is 1.69. The summed E-state index contributed by atoms with van der Waals surface area (Å²) < 4.78 is 0. The topological polar surface area (TPSA) is 89.8 Å². The summed E-state index contributed by atoms with van der Waals surface area (Å²) in [7, 11) is 0. The Morgan fingerprint density at radius 1 is 1.06 bits per heavy atom. The van der Waals surface area contributed by atoms with E-state index < -0.39 is 31.3 Å². The van der Waals surface area contributed by atoms with Gasteiger partial charge in [0.2, 0.25) is 0 Å². The van der Waals surface area contributed by atoms with Crippen LogP contribution in [0.1, 0.15) is 21.5 Å². The maximum absolute atomic E-state index is 12.0. The Morgan fingerprint density at radius 2 is 1.50 bits per heavy atom. The molecule has 18 heavy (non-hydrogen) atoms. The standard InChI is InChI=1S/C13H19NO4/c1-9-3-10(2)5-11(4-9)12(18)14-13(6-15,7-16)8-17/h3-5,15-17H,6-8H2,1-2H3,(H,14,18). The number of hydrogen-bond donors (Lipinski definition) is 4. The van der Waals surface area contributed by atoms with E-state index in [1.54, 1.807) is 12.1 Å². The molecule has 5 nitrogen and oxygen atoms in total. The van der Waals surface area contributed by atoms with E-state index >= 15 is 0 Å². The van der Waals surface area contributed by atoms with Crippen molar-refractivity contribution in [3.8, 4) is 0 Å². The largest absolute Gasteiger partial charge is 0.394 e. The summed E-state index contributed by atoms with van der Waals surface area (Å²) in [5.74, 6) is -0.432. The number of aliphatic hydroxyl groups excluding tert-OH is 3. The molecule has 100 valence electrons. The van der Waals surface area contributed by atoms with Crippen molar-refractivity contribution < 1.29 is 20.1 Å². The van der Waals surface area contributed by atoms with Crippen LogP contribution in [0.4, 0.5) is 0 Å². The highest BCUT2D eigenvalue weighted by atomic mass is 16.3. The maximum Gasteiger partial charge on any atom is 0.251 e. The minimum absolute atomic E-state index is 0.432. The van der Waals surface area contributed by atoms with Gasteiger partial charge < -0.3 is 20.6 Å². The van der Waals surface area contributed by atoms with E-state index in [2.05, 4.69) is 5.32 Å². The molecule has 5 heteroatoms. The van der Waals surface area contributed by atoms with E-state index in [0.29, 0.717) is 5.56 Å². The summed E-state index contributed by atoms with van der Waals surface area (Å²) >= 11 is 0. The molecule has 1 amide bonds. The van der Waals surface area contributed by atoms with Crippen LogP contribution in [-0.2, 0) is 0 Å². The van der Waals surface area contributed by atoms with Crippen molar-refractivity contribution in [2.24, 2.45) is 0 Å². The van der Waals surface area contributed by atoms with E-state index in [1.165, 1.54) is 0 Å². The summed E-state index contributed by atoms with van der Waals surface area (Å²) in [6.45, 7) is 2.16. The lowest BCUT2D eigenvalue weighted by Crippen LogP contribution is -2.57. The maximum atomic E-state index is 12.0. The second-order valence-corrected chi connectivity index (χ2v) is 4.59. The summed E-state index contributed by atoms with van der Waals surface area (Å²) in [5.41, 5.74) is 0.937. The van der Waals surface area contributed by atoms with Gasteiger partial charge in [0.05, 0.1) is 19.8 Å². The van der Waals surface area contributed by atoms with Crippen molar-refractivity contribution in [2.75, 3.05) is 19.8 Å². The number of carbonyl (C=O) groups excluding carboxylic acids is 1. The summed E-state index contributed by atoms with van der Waals surface area (Å²) in [6.07, 6.45) is 0. The minimum atomic E-state index is -1.39. The molecule has 0 bridgehead atoms. The van der Waals surface area contributed by atoms with Gasteiger partial charge in [-0.3, -0.25) is 4.79 Å². The van der Waals surface area contributed by atoms with E-state index in [1.807, 2.05) is 19.9 Å². The predicted molar refractivity (Wildman–Crippen MR) is 67.4 cm³/mol. The van der Waals surface area contributed by atoms with E-state index in [0.717, 1.165) is 11.1 Å². The molecule has 0 aliphatic heterocycles. The van der Waals surface area contributed by atoms with Crippen LogP contribution in [0.2, 0.25) is 0 Å². The van der Waals surface area contributed by atoms with Gasteiger partial charge in [-0.05, 0) is 26.0 Å². The van der Waals surface area contributed by atoms with Crippen LogP contribution in [-0.4, -0.2) is 46.6 Å². The first-order valence-electron chi connectivity index (χ1n) is 5.70. The second kappa shape index (κ2) is 5.95. The van der Waals surface area contributed by atoms with Crippen LogP contribution in [0, 0.1) is 13.8 Å². The van der Waals surface area contributed by atoms with Gasteiger partial charge in [0, 0.05) is 5.56 Å². The van der Waals surface area contributed by atoms with Crippen molar-refractivity contribution in [3.63, 3.8) is 0 Å². The molecule has 0 spiro atoms. The first-order chi connectivity index (χ1) is 8.46. The summed E-state index contributed by atoms with van der Waals surface area (Å²) in [6, 6.07) is 5.35. The van der Waals surface area contributed by atoms with Gasteiger partial charge >= 0.3 is 0 Å². The number of nitrogens with one attached hydrogen (secondary N) is 1. The van der Waals surface area contributed by atoms with Gasteiger partial charge in [0.15, 0.2) is 0 Å². The second-order valence-electron chi connectivity index (χ2n) is 4.59. The highest BCUT2D eigenvalue weighted by Gasteiger charge is 2.30. The SMILES string of the molecule is Cc1cc(C)cc(C(=O)NC(CO)(CO)CO)c1. The molecular formula is C13H19NO4. The Bertz CT molecular complexity index is 398.